The van der Waals surface area contributed by atoms with E-state index in [4.69, 9.17) is 21.6 Å². The SMILES string of the molecule is C[C@@H]1CN(C(=O)CCNc2snc(Cl)c2C#N)C[C@H](C)O1. The summed E-state index contributed by atoms with van der Waals surface area (Å²) >= 11 is 6.92. The zero-order valence-corrected chi connectivity index (χ0v) is 13.5. The molecule has 0 saturated carbocycles. The van der Waals surface area contributed by atoms with Crippen LogP contribution in [0.15, 0.2) is 0 Å². The van der Waals surface area contributed by atoms with E-state index in [1.807, 2.05) is 24.8 Å². The summed E-state index contributed by atoms with van der Waals surface area (Å²) in [5.41, 5.74) is 0.336. The van der Waals surface area contributed by atoms with Crippen molar-refractivity contribution in [3.63, 3.8) is 0 Å². The largest absolute Gasteiger partial charge is 0.374 e. The van der Waals surface area contributed by atoms with Crippen LogP contribution in [-0.4, -0.2) is 47.0 Å². The molecule has 1 saturated heterocycles. The molecule has 2 rings (SSSR count). The highest BCUT2D eigenvalue weighted by molar-refractivity contribution is 7.10. The van der Waals surface area contributed by atoms with Gasteiger partial charge in [0.1, 0.15) is 16.6 Å². The van der Waals surface area contributed by atoms with Crippen molar-refractivity contribution < 1.29 is 9.53 Å². The molecule has 114 valence electrons. The van der Waals surface area contributed by atoms with E-state index in [0.29, 0.717) is 36.6 Å². The van der Waals surface area contributed by atoms with E-state index in [1.165, 1.54) is 0 Å². The van der Waals surface area contributed by atoms with Crippen LogP contribution >= 0.6 is 23.1 Å². The Morgan fingerprint density at radius 3 is 2.86 bits per heavy atom. The molecule has 1 fully saturated rings. The first-order valence-corrected chi connectivity index (χ1v) is 7.88. The number of anilines is 1. The molecule has 1 N–H and O–H groups in total. The molecule has 2 atom stereocenters. The Kier molecular flexibility index (Phi) is 5.39. The minimum Gasteiger partial charge on any atom is -0.374 e. The molecule has 0 spiro atoms. The van der Waals surface area contributed by atoms with Gasteiger partial charge in [0.05, 0.1) is 12.2 Å². The summed E-state index contributed by atoms with van der Waals surface area (Å²) in [6, 6.07) is 2.00. The lowest BCUT2D eigenvalue weighted by molar-refractivity contribution is -0.142. The van der Waals surface area contributed by atoms with E-state index in [9.17, 15) is 4.79 Å². The lowest BCUT2D eigenvalue weighted by Gasteiger charge is -2.35. The highest BCUT2D eigenvalue weighted by atomic mass is 35.5. The average Bonchev–Trinajstić information content (AvgIpc) is 2.78. The molecule has 1 aliphatic heterocycles. The van der Waals surface area contributed by atoms with Crippen molar-refractivity contribution in [2.45, 2.75) is 32.5 Å². The van der Waals surface area contributed by atoms with Crippen molar-refractivity contribution in [2.24, 2.45) is 0 Å². The fraction of sp³-hybridized carbons (Fsp3) is 0.615. The first kappa shape index (κ1) is 16.0. The number of hydrogen-bond acceptors (Lipinski definition) is 6. The average molecular weight is 329 g/mol. The number of morpholine rings is 1. The van der Waals surface area contributed by atoms with E-state index < -0.39 is 0 Å². The van der Waals surface area contributed by atoms with Crippen molar-refractivity contribution in [1.29, 1.82) is 5.26 Å². The molecule has 2 heterocycles. The summed E-state index contributed by atoms with van der Waals surface area (Å²) in [6.07, 6.45) is 0.493. The molecule has 21 heavy (non-hydrogen) atoms. The third-order valence-electron chi connectivity index (χ3n) is 3.16. The summed E-state index contributed by atoms with van der Waals surface area (Å²) < 4.78 is 9.51. The summed E-state index contributed by atoms with van der Waals surface area (Å²) in [6.45, 7) is 5.63. The lowest BCUT2D eigenvalue weighted by Crippen LogP contribution is -2.48. The zero-order valence-electron chi connectivity index (χ0n) is 11.9. The summed E-state index contributed by atoms with van der Waals surface area (Å²) in [5.74, 6) is 0.0821. The predicted molar refractivity (Wildman–Crippen MR) is 81.5 cm³/mol. The number of aromatic nitrogens is 1. The van der Waals surface area contributed by atoms with E-state index in [2.05, 4.69) is 9.69 Å². The van der Waals surface area contributed by atoms with Gasteiger partial charge >= 0.3 is 0 Å². The van der Waals surface area contributed by atoms with Crippen molar-refractivity contribution in [2.75, 3.05) is 25.0 Å². The molecular formula is C13H17ClN4O2S. The Balaban J connectivity index is 1.83. The molecule has 1 aliphatic rings. The molecule has 1 aromatic rings. The van der Waals surface area contributed by atoms with E-state index in [0.717, 1.165) is 11.5 Å². The quantitative estimate of drug-likeness (QED) is 0.915. The standard InChI is InChI=1S/C13H17ClN4O2S/c1-8-6-18(7-9(2)20-8)11(19)3-4-16-13-10(5-15)12(14)17-21-13/h8-9,16H,3-4,6-7H2,1-2H3/t8-,9+. The molecule has 8 heteroatoms. The van der Waals surface area contributed by atoms with Crippen LogP contribution in [0.5, 0.6) is 0 Å². The Hall–Kier alpha value is -1.36. The van der Waals surface area contributed by atoms with Gasteiger partial charge in [0, 0.05) is 26.1 Å². The summed E-state index contributed by atoms with van der Waals surface area (Å²) in [4.78, 5) is 14.0. The van der Waals surface area contributed by atoms with Crippen LogP contribution in [0.25, 0.3) is 0 Å². The highest BCUT2D eigenvalue weighted by Crippen LogP contribution is 2.27. The van der Waals surface area contributed by atoms with Crippen LogP contribution in [0.3, 0.4) is 0 Å². The number of carbonyl (C=O) groups is 1. The van der Waals surface area contributed by atoms with Gasteiger partial charge in [-0.1, -0.05) is 11.6 Å². The lowest BCUT2D eigenvalue weighted by atomic mass is 10.2. The third-order valence-corrected chi connectivity index (χ3v) is 4.34. The summed E-state index contributed by atoms with van der Waals surface area (Å²) in [7, 11) is 0. The molecule has 0 bridgehead atoms. The molecule has 0 aliphatic carbocycles. The van der Waals surface area contributed by atoms with Gasteiger partial charge in [-0.2, -0.15) is 9.64 Å². The molecule has 0 radical (unpaired) electrons. The van der Waals surface area contributed by atoms with E-state index in [-0.39, 0.29) is 23.3 Å². The monoisotopic (exact) mass is 328 g/mol. The number of ether oxygens (including phenoxy) is 1. The molecular weight excluding hydrogens is 312 g/mol. The maximum Gasteiger partial charge on any atom is 0.224 e. The van der Waals surface area contributed by atoms with Crippen LogP contribution in [0, 0.1) is 11.3 Å². The fourth-order valence-electron chi connectivity index (χ4n) is 2.31. The Bertz CT molecular complexity index is 547. The minimum atomic E-state index is 0.0659. The van der Waals surface area contributed by atoms with E-state index >= 15 is 0 Å². The molecule has 0 aromatic carbocycles. The van der Waals surface area contributed by atoms with Crippen LogP contribution in [-0.2, 0) is 9.53 Å². The van der Waals surface area contributed by atoms with Gasteiger partial charge in [-0.15, -0.1) is 0 Å². The Labute approximate surface area is 132 Å². The molecule has 1 amide bonds. The van der Waals surface area contributed by atoms with E-state index in [1.54, 1.807) is 0 Å². The minimum absolute atomic E-state index is 0.0659. The van der Waals surface area contributed by atoms with Gasteiger partial charge in [0.2, 0.25) is 5.91 Å². The van der Waals surface area contributed by atoms with Crippen molar-refractivity contribution >= 4 is 34.0 Å². The maximum atomic E-state index is 12.2. The van der Waals surface area contributed by atoms with Crippen molar-refractivity contribution in [3.8, 4) is 6.07 Å². The number of nitriles is 1. The second kappa shape index (κ2) is 7.07. The smallest absolute Gasteiger partial charge is 0.224 e. The van der Waals surface area contributed by atoms with Gasteiger partial charge in [-0.3, -0.25) is 4.79 Å². The van der Waals surface area contributed by atoms with Crippen LogP contribution in [0.1, 0.15) is 25.8 Å². The zero-order chi connectivity index (χ0) is 15.4. The molecule has 1 aromatic heterocycles. The Morgan fingerprint density at radius 1 is 1.57 bits per heavy atom. The normalized spacial score (nSPS) is 21.9. The van der Waals surface area contributed by atoms with Gasteiger partial charge in [-0.25, -0.2) is 0 Å². The maximum absolute atomic E-state index is 12.2. The van der Waals surface area contributed by atoms with Crippen LogP contribution < -0.4 is 5.32 Å². The third kappa shape index (κ3) is 4.06. The summed E-state index contributed by atoms with van der Waals surface area (Å²) in [5, 5.41) is 12.8. The highest BCUT2D eigenvalue weighted by Gasteiger charge is 2.25. The number of carbonyl (C=O) groups excluding carboxylic acids is 1. The Morgan fingerprint density at radius 2 is 2.24 bits per heavy atom. The number of nitrogens with zero attached hydrogens (tertiary/aromatic N) is 3. The first-order chi connectivity index (χ1) is 10.0. The number of amides is 1. The van der Waals surface area contributed by atoms with Gasteiger partial charge in [0.25, 0.3) is 0 Å². The number of nitrogens with one attached hydrogen (secondary N) is 1. The van der Waals surface area contributed by atoms with Crippen molar-refractivity contribution in [3.05, 3.63) is 10.7 Å². The topological polar surface area (TPSA) is 78.3 Å². The number of rotatable bonds is 4. The molecule has 6 nitrogen and oxygen atoms in total. The molecule has 0 unspecified atom stereocenters. The number of halogens is 1. The second-order valence-corrected chi connectivity index (χ2v) is 6.15. The number of hydrogen-bond donors (Lipinski definition) is 1. The van der Waals surface area contributed by atoms with Gasteiger partial charge < -0.3 is 15.0 Å². The first-order valence-electron chi connectivity index (χ1n) is 6.73. The second-order valence-electron chi connectivity index (χ2n) is 5.02. The predicted octanol–water partition coefficient (Wildman–Crippen LogP) is 2.11. The van der Waals surface area contributed by atoms with Gasteiger partial charge in [0.15, 0.2) is 5.15 Å². The van der Waals surface area contributed by atoms with Gasteiger partial charge in [-0.05, 0) is 25.4 Å². The van der Waals surface area contributed by atoms with Crippen LogP contribution in [0.2, 0.25) is 5.15 Å². The van der Waals surface area contributed by atoms with Crippen LogP contribution in [0.4, 0.5) is 5.00 Å². The fourth-order valence-corrected chi connectivity index (χ4v) is 3.27. The van der Waals surface area contributed by atoms with Crippen molar-refractivity contribution in [1.82, 2.24) is 9.27 Å².